The van der Waals surface area contributed by atoms with E-state index in [0.717, 1.165) is 42.6 Å². The molecule has 0 radical (unpaired) electrons. The van der Waals surface area contributed by atoms with Crippen LogP contribution in [-0.4, -0.2) is 34.8 Å². The number of imide groups is 1. The number of rotatable bonds is 10. The summed E-state index contributed by atoms with van der Waals surface area (Å²) in [6.45, 7) is 3.74. The molecule has 27 heavy (non-hydrogen) atoms. The normalized spacial score (nSPS) is 19.3. The van der Waals surface area contributed by atoms with Gasteiger partial charge < -0.3 is 10.6 Å². The van der Waals surface area contributed by atoms with Crippen LogP contribution >= 0.6 is 0 Å². The molecule has 1 aromatic rings. The molecule has 1 aromatic carbocycles. The SMILES string of the molecule is CCCCCCC[C@]1(C)NC(=O)N(CC(=O)NCc2ccc(F)cc2)C1=O. The predicted octanol–water partition coefficient (Wildman–Crippen LogP) is 3.11. The number of amides is 4. The summed E-state index contributed by atoms with van der Waals surface area (Å²) in [5, 5.41) is 5.37. The summed E-state index contributed by atoms with van der Waals surface area (Å²) < 4.78 is 12.9. The van der Waals surface area contributed by atoms with E-state index in [2.05, 4.69) is 17.6 Å². The van der Waals surface area contributed by atoms with E-state index in [1.807, 2.05) is 0 Å². The summed E-state index contributed by atoms with van der Waals surface area (Å²) in [6, 6.07) is 5.22. The minimum atomic E-state index is -0.944. The molecule has 0 aromatic heterocycles. The van der Waals surface area contributed by atoms with Gasteiger partial charge in [-0.25, -0.2) is 9.18 Å². The standard InChI is InChI=1S/C20H28FN3O3/c1-3-4-5-6-7-12-20(2)18(26)24(19(27)23-20)14-17(25)22-13-15-8-10-16(21)11-9-15/h8-11H,3-7,12-14H2,1-2H3,(H,22,25)(H,23,27)/t20-/m0/s1. The number of carbonyl (C=O) groups excluding carboxylic acids is 3. The number of hydrogen-bond donors (Lipinski definition) is 2. The van der Waals surface area contributed by atoms with Gasteiger partial charge in [-0.05, 0) is 31.0 Å². The minimum absolute atomic E-state index is 0.206. The van der Waals surface area contributed by atoms with Crippen molar-refractivity contribution < 1.29 is 18.8 Å². The van der Waals surface area contributed by atoms with Crippen molar-refractivity contribution in [3.05, 3.63) is 35.6 Å². The van der Waals surface area contributed by atoms with Gasteiger partial charge in [-0.3, -0.25) is 14.5 Å². The first-order chi connectivity index (χ1) is 12.9. The molecule has 2 rings (SSSR count). The molecule has 1 atom stereocenters. The van der Waals surface area contributed by atoms with E-state index in [9.17, 15) is 18.8 Å². The maximum absolute atomic E-state index is 12.9. The van der Waals surface area contributed by atoms with Gasteiger partial charge in [0.15, 0.2) is 0 Å². The van der Waals surface area contributed by atoms with E-state index in [-0.39, 0.29) is 24.8 Å². The fraction of sp³-hybridized carbons (Fsp3) is 0.550. The molecule has 0 saturated carbocycles. The van der Waals surface area contributed by atoms with Crippen LogP contribution in [-0.2, 0) is 16.1 Å². The van der Waals surface area contributed by atoms with E-state index >= 15 is 0 Å². The average Bonchev–Trinajstić information content (AvgIpc) is 2.84. The zero-order valence-electron chi connectivity index (χ0n) is 16.0. The Hall–Kier alpha value is -2.44. The molecule has 148 valence electrons. The maximum atomic E-state index is 12.9. The zero-order valence-corrected chi connectivity index (χ0v) is 16.0. The van der Waals surface area contributed by atoms with Gasteiger partial charge in [-0.2, -0.15) is 0 Å². The molecule has 2 N–H and O–H groups in total. The molecule has 1 aliphatic rings. The fourth-order valence-electron chi connectivity index (χ4n) is 3.14. The molecule has 1 aliphatic heterocycles. The molecule has 0 unspecified atom stereocenters. The lowest BCUT2D eigenvalue weighted by atomic mass is 9.94. The molecule has 1 heterocycles. The third-order valence-corrected chi connectivity index (χ3v) is 4.83. The highest BCUT2D eigenvalue weighted by atomic mass is 19.1. The molecule has 7 heteroatoms. The van der Waals surface area contributed by atoms with Crippen LogP contribution in [0, 0.1) is 5.82 Å². The lowest BCUT2D eigenvalue weighted by Crippen LogP contribution is -2.45. The zero-order chi connectivity index (χ0) is 19.9. The minimum Gasteiger partial charge on any atom is -0.350 e. The Balaban J connectivity index is 1.82. The molecule has 6 nitrogen and oxygen atoms in total. The van der Waals surface area contributed by atoms with Crippen molar-refractivity contribution in [3.63, 3.8) is 0 Å². The summed E-state index contributed by atoms with van der Waals surface area (Å²) in [5.41, 5.74) is -0.209. The Morgan fingerprint density at radius 1 is 1.15 bits per heavy atom. The van der Waals surface area contributed by atoms with Crippen LogP contribution in [0.25, 0.3) is 0 Å². The Kier molecular flexibility index (Phi) is 7.33. The lowest BCUT2D eigenvalue weighted by molar-refractivity contribution is -0.134. The first-order valence-corrected chi connectivity index (χ1v) is 9.51. The number of benzene rings is 1. The Morgan fingerprint density at radius 2 is 1.81 bits per heavy atom. The van der Waals surface area contributed by atoms with E-state index in [1.165, 1.54) is 12.1 Å². The smallest absolute Gasteiger partial charge is 0.325 e. The third-order valence-electron chi connectivity index (χ3n) is 4.83. The van der Waals surface area contributed by atoms with Crippen molar-refractivity contribution in [1.29, 1.82) is 0 Å². The first kappa shape index (κ1) is 20.9. The summed E-state index contributed by atoms with van der Waals surface area (Å²) in [7, 11) is 0. The molecular weight excluding hydrogens is 349 g/mol. The molecular formula is C20H28FN3O3. The van der Waals surface area contributed by atoms with Crippen LogP contribution in [0.5, 0.6) is 0 Å². The highest BCUT2D eigenvalue weighted by Crippen LogP contribution is 2.24. The van der Waals surface area contributed by atoms with Gasteiger partial charge in [0.1, 0.15) is 17.9 Å². The fourth-order valence-corrected chi connectivity index (χ4v) is 3.14. The Bertz CT molecular complexity index is 678. The average molecular weight is 377 g/mol. The van der Waals surface area contributed by atoms with Crippen molar-refractivity contribution in [1.82, 2.24) is 15.5 Å². The van der Waals surface area contributed by atoms with Gasteiger partial charge in [0.05, 0.1) is 0 Å². The molecule has 0 bridgehead atoms. The summed E-state index contributed by atoms with van der Waals surface area (Å²) in [6.07, 6.45) is 5.86. The number of halogens is 1. The quantitative estimate of drug-likeness (QED) is 0.486. The van der Waals surface area contributed by atoms with Crippen LogP contribution in [0.3, 0.4) is 0 Å². The van der Waals surface area contributed by atoms with E-state index < -0.39 is 17.5 Å². The van der Waals surface area contributed by atoms with Crippen molar-refractivity contribution in [2.24, 2.45) is 0 Å². The largest absolute Gasteiger partial charge is 0.350 e. The number of hydrogen-bond acceptors (Lipinski definition) is 3. The van der Waals surface area contributed by atoms with E-state index in [4.69, 9.17) is 0 Å². The molecule has 0 aliphatic carbocycles. The number of carbonyl (C=O) groups is 3. The maximum Gasteiger partial charge on any atom is 0.325 e. The summed E-state index contributed by atoms with van der Waals surface area (Å²) >= 11 is 0. The van der Waals surface area contributed by atoms with Gasteiger partial charge in [-0.1, -0.05) is 51.2 Å². The molecule has 1 fully saturated rings. The predicted molar refractivity (Wildman–Crippen MR) is 100 cm³/mol. The molecule has 1 saturated heterocycles. The van der Waals surface area contributed by atoms with Gasteiger partial charge >= 0.3 is 6.03 Å². The second kappa shape index (κ2) is 9.48. The van der Waals surface area contributed by atoms with E-state index in [0.29, 0.717) is 6.42 Å². The van der Waals surface area contributed by atoms with Crippen molar-refractivity contribution in [2.75, 3.05) is 6.54 Å². The van der Waals surface area contributed by atoms with Crippen LogP contribution in [0.1, 0.15) is 57.9 Å². The van der Waals surface area contributed by atoms with Crippen LogP contribution in [0.15, 0.2) is 24.3 Å². The van der Waals surface area contributed by atoms with Crippen LogP contribution in [0.4, 0.5) is 9.18 Å². The van der Waals surface area contributed by atoms with Crippen molar-refractivity contribution in [3.8, 4) is 0 Å². The second-order valence-electron chi connectivity index (χ2n) is 7.22. The summed E-state index contributed by atoms with van der Waals surface area (Å²) in [5.74, 6) is -1.15. The van der Waals surface area contributed by atoms with Gasteiger partial charge in [0.2, 0.25) is 5.91 Å². The van der Waals surface area contributed by atoms with Crippen LogP contribution in [0.2, 0.25) is 0 Å². The van der Waals surface area contributed by atoms with Crippen LogP contribution < -0.4 is 10.6 Å². The van der Waals surface area contributed by atoms with Gasteiger partial charge in [0.25, 0.3) is 5.91 Å². The number of urea groups is 1. The number of nitrogens with one attached hydrogen (secondary N) is 2. The van der Waals surface area contributed by atoms with Crippen molar-refractivity contribution in [2.45, 2.75) is 64.5 Å². The van der Waals surface area contributed by atoms with Gasteiger partial charge in [-0.15, -0.1) is 0 Å². The number of unbranched alkanes of at least 4 members (excludes halogenated alkanes) is 4. The summed E-state index contributed by atoms with van der Waals surface area (Å²) in [4.78, 5) is 37.9. The lowest BCUT2D eigenvalue weighted by Gasteiger charge is -2.21. The molecule has 0 spiro atoms. The topological polar surface area (TPSA) is 78.5 Å². The Labute approximate surface area is 159 Å². The van der Waals surface area contributed by atoms with Crippen molar-refractivity contribution >= 4 is 17.8 Å². The third kappa shape index (κ3) is 5.77. The highest BCUT2D eigenvalue weighted by molar-refractivity contribution is 6.08. The molecule has 4 amide bonds. The van der Waals surface area contributed by atoms with E-state index in [1.54, 1.807) is 19.1 Å². The van der Waals surface area contributed by atoms with Gasteiger partial charge in [0, 0.05) is 6.54 Å². The monoisotopic (exact) mass is 377 g/mol. The highest BCUT2D eigenvalue weighted by Gasteiger charge is 2.47. The second-order valence-corrected chi connectivity index (χ2v) is 7.22. The first-order valence-electron chi connectivity index (χ1n) is 9.51. The Morgan fingerprint density at radius 3 is 2.48 bits per heavy atom. The number of nitrogens with zero attached hydrogens (tertiary/aromatic N) is 1.